The van der Waals surface area contributed by atoms with Gasteiger partial charge in [0.15, 0.2) is 5.96 Å². The topological polar surface area (TPSA) is 58.5 Å². The molecule has 1 aromatic rings. The second-order valence-corrected chi connectivity index (χ2v) is 9.46. The van der Waals surface area contributed by atoms with Crippen molar-refractivity contribution in [3.63, 3.8) is 0 Å². The van der Waals surface area contributed by atoms with Crippen LogP contribution in [0.4, 0.5) is 0 Å². The molecule has 2 N–H and O–H groups in total. The number of thiazole rings is 1. The van der Waals surface area contributed by atoms with Gasteiger partial charge in [-0.2, -0.15) is 0 Å². The molecule has 2 aliphatic rings. The van der Waals surface area contributed by atoms with Crippen LogP contribution >= 0.6 is 35.3 Å². The lowest BCUT2D eigenvalue weighted by atomic mass is 9.83. The molecule has 1 saturated carbocycles. The van der Waals surface area contributed by atoms with E-state index in [1.54, 1.807) is 4.88 Å². The van der Waals surface area contributed by atoms with Gasteiger partial charge in [-0.15, -0.1) is 35.3 Å². The predicted molar refractivity (Wildman–Crippen MR) is 134 cm³/mol. The lowest BCUT2D eigenvalue weighted by molar-refractivity contribution is 0.105. The van der Waals surface area contributed by atoms with E-state index in [1.807, 2.05) is 18.4 Å². The van der Waals surface area contributed by atoms with Crippen LogP contribution in [0.15, 0.2) is 4.99 Å². The zero-order chi connectivity index (χ0) is 19.7. The second-order valence-electron chi connectivity index (χ2n) is 8.29. The molecule has 7 heteroatoms. The highest BCUT2D eigenvalue weighted by atomic mass is 127. The summed E-state index contributed by atoms with van der Waals surface area (Å²) in [5, 5.41) is 8.40. The minimum Gasteiger partial charge on any atom is -0.382 e. The van der Waals surface area contributed by atoms with E-state index in [0.717, 1.165) is 51.5 Å². The van der Waals surface area contributed by atoms with E-state index in [0.29, 0.717) is 5.41 Å². The Kier molecular flexibility index (Phi) is 11.2. The van der Waals surface area contributed by atoms with Gasteiger partial charge in [-0.25, -0.2) is 4.98 Å². The second kappa shape index (κ2) is 13.1. The standard InChI is InChI=1S/C22H38N4OS.HI/c1-3-27-16-14-22(12-6-7-13-22)17-25-21(23-2)24-15-8-11-20-26-18-9-4-5-10-19(18)28-20;/h3-17H2,1-2H3,(H2,23,24,25);1H. The van der Waals surface area contributed by atoms with E-state index in [-0.39, 0.29) is 24.0 Å². The number of guanidine groups is 1. The normalized spacial score (nSPS) is 18.2. The summed E-state index contributed by atoms with van der Waals surface area (Å²) >= 11 is 1.94. The number of hydrogen-bond acceptors (Lipinski definition) is 4. The third-order valence-corrected chi connectivity index (χ3v) is 7.47. The van der Waals surface area contributed by atoms with Crippen LogP contribution in [0.1, 0.15) is 73.9 Å². The van der Waals surface area contributed by atoms with Crippen molar-refractivity contribution in [2.24, 2.45) is 10.4 Å². The van der Waals surface area contributed by atoms with E-state index in [2.05, 4.69) is 22.5 Å². The molecule has 0 amide bonds. The van der Waals surface area contributed by atoms with Crippen LogP contribution in [-0.2, 0) is 24.0 Å². The van der Waals surface area contributed by atoms with Crippen LogP contribution in [0.5, 0.6) is 0 Å². The summed E-state index contributed by atoms with van der Waals surface area (Å²) in [5.74, 6) is 0.932. The minimum absolute atomic E-state index is 0. The molecule has 0 atom stereocenters. The van der Waals surface area contributed by atoms with Crippen molar-refractivity contribution in [1.29, 1.82) is 0 Å². The zero-order valence-corrected chi connectivity index (χ0v) is 21.4. The number of nitrogens with zero attached hydrogens (tertiary/aromatic N) is 2. The van der Waals surface area contributed by atoms with Gasteiger partial charge in [0.25, 0.3) is 0 Å². The fraction of sp³-hybridized carbons (Fsp3) is 0.818. The molecule has 166 valence electrons. The molecule has 1 heterocycles. The molecule has 5 nitrogen and oxygen atoms in total. The number of hydrogen-bond donors (Lipinski definition) is 2. The molecule has 0 spiro atoms. The quantitative estimate of drug-likeness (QED) is 0.197. The van der Waals surface area contributed by atoms with Gasteiger partial charge in [0.1, 0.15) is 0 Å². The lowest BCUT2D eigenvalue weighted by Gasteiger charge is -2.30. The molecule has 0 unspecified atom stereocenters. The van der Waals surface area contributed by atoms with Crippen molar-refractivity contribution in [2.45, 2.75) is 77.6 Å². The predicted octanol–water partition coefficient (Wildman–Crippen LogP) is 4.72. The monoisotopic (exact) mass is 534 g/mol. The number of nitrogens with one attached hydrogen (secondary N) is 2. The highest BCUT2D eigenvalue weighted by Crippen LogP contribution is 2.40. The Hall–Kier alpha value is -0.410. The van der Waals surface area contributed by atoms with Gasteiger partial charge >= 0.3 is 0 Å². The molecule has 0 bridgehead atoms. The third-order valence-electron chi connectivity index (χ3n) is 6.25. The lowest BCUT2D eigenvalue weighted by Crippen LogP contribution is -2.43. The summed E-state index contributed by atoms with van der Waals surface area (Å²) in [6.45, 7) is 5.71. The molecule has 1 aromatic heterocycles. The fourth-order valence-electron chi connectivity index (χ4n) is 4.52. The number of rotatable bonds is 10. The molecule has 0 aliphatic heterocycles. The fourth-order valence-corrected chi connectivity index (χ4v) is 5.72. The Bertz CT molecular complexity index is 605. The first-order valence-corrected chi connectivity index (χ1v) is 12.1. The Morgan fingerprint density at radius 3 is 2.69 bits per heavy atom. The van der Waals surface area contributed by atoms with E-state index < -0.39 is 0 Å². The van der Waals surface area contributed by atoms with Crippen LogP contribution in [0.2, 0.25) is 0 Å². The largest absolute Gasteiger partial charge is 0.382 e. The third kappa shape index (κ3) is 7.65. The van der Waals surface area contributed by atoms with Crippen molar-refractivity contribution in [3.05, 3.63) is 15.6 Å². The number of aryl methyl sites for hydroxylation is 3. The maximum absolute atomic E-state index is 5.63. The van der Waals surface area contributed by atoms with Gasteiger partial charge in [-0.3, -0.25) is 4.99 Å². The summed E-state index contributed by atoms with van der Waals surface area (Å²) in [5.41, 5.74) is 1.76. The Balaban J connectivity index is 0.00000300. The number of ether oxygens (including phenoxy) is 1. The first-order chi connectivity index (χ1) is 13.7. The van der Waals surface area contributed by atoms with Gasteiger partial charge in [-0.05, 0) is 63.7 Å². The molecule has 0 saturated heterocycles. The first kappa shape index (κ1) is 24.9. The summed E-state index contributed by atoms with van der Waals surface area (Å²) in [6, 6.07) is 0. The van der Waals surface area contributed by atoms with E-state index in [4.69, 9.17) is 9.72 Å². The minimum atomic E-state index is 0. The summed E-state index contributed by atoms with van der Waals surface area (Å²) in [6.07, 6.45) is 13.7. The first-order valence-electron chi connectivity index (χ1n) is 11.2. The maximum atomic E-state index is 5.63. The van der Waals surface area contributed by atoms with E-state index in [9.17, 15) is 0 Å². The Morgan fingerprint density at radius 2 is 1.97 bits per heavy atom. The number of aromatic nitrogens is 1. The SMILES string of the molecule is CCOCCC1(CNC(=NC)NCCCc2nc3c(s2)CCCC3)CCCC1.I. The number of fused-ring (bicyclic) bond motifs is 1. The summed E-state index contributed by atoms with van der Waals surface area (Å²) in [7, 11) is 1.87. The van der Waals surface area contributed by atoms with Gasteiger partial charge in [-0.1, -0.05) is 12.8 Å². The van der Waals surface area contributed by atoms with E-state index >= 15 is 0 Å². The zero-order valence-electron chi connectivity index (χ0n) is 18.2. The van der Waals surface area contributed by atoms with Gasteiger partial charge in [0.05, 0.1) is 10.7 Å². The van der Waals surface area contributed by atoms with Crippen LogP contribution in [0, 0.1) is 5.41 Å². The van der Waals surface area contributed by atoms with Gasteiger partial charge in [0.2, 0.25) is 0 Å². The molecule has 0 aromatic carbocycles. The summed E-state index contributed by atoms with van der Waals surface area (Å²) in [4.78, 5) is 10.8. The van der Waals surface area contributed by atoms with Crippen LogP contribution in [0.3, 0.4) is 0 Å². The molecule has 29 heavy (non-hydrogen) atoms. The maximum Gasteiger partial charge on any atom is 0.190 e. The van der Waals surface area contributed by atoms with E-state index in [1.165, 1.54) is 62.1 Å². The highest BCUT2D eigenvalue weighted by Gasteiger charge is 2.33. The molecular formula is C22H39IN4OS. The van der Waals surface area contributed by atoms with Gasteiger partial charge < -0.3 is 15.4 Å². The number of aliphatic imine (C=N–C) groups is 1. The van der Waals surface area contributed by atoms with Crippen LogP contribution in [-0.4, -0.2) is 44.3 Å². The summed E-state index contributed by atoms with van der Waals surface area (Å²) < 4.78 is 5.63. The van der Waals surface area contributed by atoms with Crippen molar-refractivity contribution in [3.8, 4) is 0 Å². The van der Waals surface area contributed by atoms with Crippen molar-refractivity contribution in [1.82, 2.24) is 15.6 Å². The van der Waals surface area contributed by atoms with Crippen molar-refractivity contribution >= 4 is 41.3 Å². The van der Waals surface area contributed by atoms with Crippen molar-refractivity contribution in [2.75, 3.05) is 33.4 Å². The Morgan fingerprint density at radius 1 is 1.17 bits per heavy atom. The average molecular weight is 535 g/mol. The molecule has 3 rings (SSSR count). The number of halogens is 1. The molecule has 0 radical (unpaired) electrons. The molecule has 2 aliphatic carbocycles. The Labute approximate surface area is 197 Å². The van der Waals surface area contributed by atoms with Crippen LogP contribution in [0.25, 0.3) is 0 Å². The molecular weight excluding hydrogens is 495 g/mol. The average Bonchev–Trinajstić information content (AvgIpc) is 3.34. The smallest absolute Gasteiger partial charge is 0.190 e. The highest BCUT2D eigenvalue weighted by molar-refractivity contribution is 14.0. The van der Waals surface area contributed by atoms with Crippen molar-refractivity contribution < 1.29 is 4.74 Å². The van der Waals surface area contributed by atoms with Gasteiger partial charge in [0, 0.05) is 44.6 Å². The molecule has 1 fully saturated rings. The van der Waals surface area contributed by atoms with Crippen LogP contribution < -0.4 is 10.6 Å².